The lowest BCUT2D eigenvalue weighted by Gasteiger charge is -2.23. The highest BCUT2D eigenvalue weighted by Crippen LogP contribution is 2.23. The van der Waals surface area contributed by atoms with Crippen molar-refractivity contribution < 1.29 is 27.3 Å². The van der Waals surface area contributed by atoms with E-state index in [1.807, 2.05) is 6.92 Å². The standard InChI is InChI=1S/C20H39NO6S/c1-4-7-9-10-11-12-16-21-18(22)14-15-19(23)27-20(28(24,25)26)17(6-3)13-8-5-2/h17,20H,4-16H2,1-3H3,(H,21,22)(H,24,25,26). The summed E-state index contributed by atoms with van der Waals surface area (Å²) in [6.07, 6.45) is 9.17. The van der Waals surface area contributed by atoms with E-state index in [4.69, 9.17) is 4.74 Å². The molecule has 2 atom stereocenters. The predicted molar refractivity (Wildman–Crippen MR) is 110 cm³/mol. The zero-order valence-corrected chi connectivity index (χ0v) is 18.6. The first kappa shape index (κ1) is 26.9. The number of unbranched alkanes of at least 4 members (excludes halogenated alkanes) is 6. The zero-order chi connectivity index (χ0) is 21.4. The molecule has 8 heteroatoms. The highest BCUT2D eigenvalue weighted by molar-refractivity contribution is 7.86. The normalized spacial score (nSPS) is 13.7. The topological polar surface area (TPSA) is 110 Å². The van der Waals surface area contributed by atoms with Crippen molar-refractivity contribution in [2.75, 3.05) is 6.54 Å². The molecule has 0 heterocycles. The van der Waals surface area contributed by atoms with Crippen LogP contribution in [0.5, 0.6) is 0 Å². The van der Waals surface area contributed by atoms with Crippen LogP contribution in [-0.2, 0) is 24.4 Å². The van der Waals surface area contributed by atoms with Crippen molar-refractivity contribution >= 4 is 22.0 Å². The lowest BCUT2D eigenvalue weighted by atomic mass is 10.0. The molecule has 0 fully saturated rings. The molecular formula is C20H39NO6S. The highest BCUT2D eigenvalue weighted by Gasteiger charge is 2.34. The first-order valence-corrected chi connectivity index (χ1v) is 12.2. The van der Waals surface area contributed by atoms with Crippen molar-refractivity contribution in [2.45, 2.75) is 103 Å². The molecular weight excluding hydrogens is 382 g/mol. The lowest BCUT2D eigenvalue weighted by Crippen LogP contribution is -2.34. The summed E-state index contributed by atoms with van der Waals surface area (Å²) in [7, 11) is -4.51. The average molecular weight is 422 g/mol. The molecule has 0 aromatic heterocycles. The molecule has 2 N–H and O–H groups in total. The second-order valence-electron chi connectivity index (χ2n) is 7.30. The van der Waals surface area contributed by atoms with E-state index in [-0.39, 0.29) is 18.7 Å². The lowest BCUT2D eigenvalue weighted by molar-refractivity contribution is -0.149. The van der Waals surface area contributed by atoms with Gasteiger partial charge in [-0.1, -0.05) is 65.7 Å². The van der Waals surface area contributed by atoms with Crippen LogP contribution in [0.15, 0.2) is 0 Å². The van der Waals surface area contributed by atoms with Crippen LogP contribution in [0.2, 0.25) is 0 Å². The highest BCUT2D eigenvalue weighted by atomic mass is 32.2. The Kier molecular flexibility index (Phi) is 15.1. The minimum absolute atomic E-state index is 0.0569. The van der Waals surface area contributed by atoms with Gasteiger partial charge in [0.2, 0.25) is 11.3 Å². The van der Waals surface area contributed by atoms with E-state index in [0.29, 0.717) is 19.4 Å². The summed E-state index contributed by atoms with van der Waals surface area (Å²) in [5, 5.41) is 2.76. The summed E-state index contributed by atoms with van der Waals surface area (Å²) in [5.41, 5.74) is -1.57. The Bertz CT molecular complexity index is 535. The summed E-state index contributed by atoms with van der Waals surface area (Å²) < 4.78 is 37.8. The van der Waals surface area contributed by atoms with Crippen LogP contribution in [0.1, 0.15) is 97.8 Å². The molecule has 0 saturated heterocycles. The number of esters is 1. The molecule has 0 aromatic carbocycles. The van der Waals surface area contributed by atoms with E-state index in [9.17, 15) is 22.6 Å². The Hall–Kier alpha value is -1.15. The molecule has 28 heavy (non-hydrogen) atoms. The number of nitrogens with one attached hydrogen (secondary N) is 1. The van der Waals surface area contributed by atoms with Crippen LogP contribution in [0, 0.1) is 5.92 Å². The smallest absolute Gasteiger partial charge is 0.307 e. The Morgan fingerprint density at radius 1 is 0.929 bits per heavy atom. The number of amides is 1. The van der Waals surface area contributed by atoms with Gasteiger partial charge >= 0.3 is 16.1 Å². The minimum atomic E-state index is -4.51. The Labute approximate surface area is 170 Å². The fourth-order valence-corrected chi connectivity index (χ4v) is 4.07. The molecule has 0 aliphatic carbocycles. The quantitative estimate of drug-likeness (QED) is 0.207. The van der Waals surface area contributed by atoms with Crippen LogP contribution < -0.4 is 5.32 Å². The molecule has 166 valence electrons. The summed E-state index contributed by atoms with van der Waals surface area (Å²) in [4.78, 5) is 23.8. The summed E-state index contributed by atoms with van der Waals surface area (Å²) in [6, 6.07) is 0. The van der Waals surface area contributed by atoms with Gasteiger partial charge in [0.1, 0.15) is 0 Å². The van der Waals surface area contributed by atoms with Crippen molar-refractivity contribution in [1.29, 1.82) is 0 Å². The van der Waals surface area contributed by atoms with Crippen LogP contribution in [0.3, 0.4) is 0 Å². The fraction of sp³-hybridized carbons (Fsp3) is 0.900. The molecule has 0 rings (SSSR count). The van der Waals surface area contributed by atoms with Crippen LogP contribution in [0.25, 0.3) is 0 Å². The van der Waals surface area contributed by atoms with Gasteiger partial charge in [0.25, 0.3) is 0 Å². The van der Waals surface area contributed by atoms with Gasteiger partial charge in [-0.2, -0.15) is 8.42 Å². The van der Waals surface area contributed by atoms with Gasteiger partial charge in [-0.15, -0.1) is 0 Å². The number of carbonyl (C=O) groups is 2. The number of carbonyl (C=O) groups excluding carboxylic acids is 2. The molecule has 7 nitrogen and oxygen atoms in total. The molecule has 2 unspecified atom stereocenters. The van der Waals surface area contributed by atoms with Gasteiger partial charge in [-0.3, -0.25) is 14.1 Å². The Morgan fingerprint density at radius 3 is 2.11 bits per heavy atom. The number of hydrogen-bond donors (Lipinski definition) is 2. The van der Waals surface area contributed by atoms with Gasteiger partial charge in [0, 0.05) is 18.9 Å². The van der Waals surface area contributed by atoms with Crippen molar-refractivity contribution in [3.05, 3.63) is 0 Å². The number of ether oxygens (including phenoxy) is 1. The summed E-state index contributed by atoms with van der Waals surface area (Å²) in [6.45, 7) is 6.51. The van der Waals surface area contributed by atoms with Crippen LogP contribution in [-0.4, -0.2) is 36.8 Å². The van der Waals surface area contributed by atoms with Crippen LogP contribution >= 0.6 is 0 Å². The maximum Gasteiger partial charge on any atom is 0.307 e. The first-order chi connectivity index (χ1) is 13.3. The van der Waals surface area contributed by atoms with Gasteiger partial charge in [-0.25, -0.2) is 0 Å². The second kappa shape index (κ2) is 15.7. The van der Waals surface area contributed by atoms with E-state index < -0.39 is 27.4 Å². The van der Waals surface area contributed by atoms with Gasteiger partial charge < -0.3 is 10.1 Å². The summed E-state index contributed by atoms with van der Waals surface area (Å²) in [5.74, 6) is -1.50. The predicted octanol–water partition coefficient (Wildman–Crippen LogP) is 4.22. The maximum atomic E-state index is 12.0. The number of rotatable bonds is 17. The molecule has 0 aliphatic rings. The third kappa shape index (κ3) is 13.1. The van der Waals surface area contributed by atoms with Crippen molar-refractivity contribution in [3.63, 3.8) is 0 Å². The Balaban J connectivity index is 4.28. The molecule has 0 spiro atoms. The average Bonchev–Trinajstić information content (AvgIpc) is 2.64. The van der Waals surface area contributed by atoms with Crippen LogP contribution in [0.4, 0.5) is 0 Å². The third-order valence-corrected chi connectivity index (χ3v) is 5.86. The van der Waals surface area contributed by atoms with Crippen molar-refractivity contribution in [1.82, 2.24) is 5.32 Å². The second-order valence-corrected chi connectivity index (χ2v) is 8.80. The van der Waals surface area contributed by atoms with Gasteiger partial charge in [-0.05, 0) is 19.3 Å². The molecule has 0 aliphatic heterocycles. The molecule has 1 amide bonds. The third-order valence-electron chi connectivity index (χ3n) is 4.79. The monoisotopic (exact) mass is 421 g/mol. The number of hydrogen-bond acceptors (Lipinski definition) is 5. The van der Waals surface area contributed by atoms with E-state index in [1.54, 1.807) is 6.92 Å². The SMILES string of the molecule is CCCCCCCCNC(=O)CCC(=O)OC(C(CC)CCCC)S(=O)(=O)O. The molecule has 0 bridgehead atoms. The van der Waals surface area contributed by atoms with E-state index in [1.165, 1.54) is 19.3 Å². The minimum Gasteiger partial charge on any atom is -0.443 e. The maximum absolute atomic E-state index is 12.0. The molecule has 0 aromatic rings. The Morgan fingerprint density at radius 2 is 1.54 bits per heavy atom. The first-order valence-electron chi connectivity index (χ1n) is 10.7. The van der Waals surface area contributed by atoms with Crippen molar-refractivity contribution in [2.24, 2.45) is 5.92 Å². The fourth-order valence-electron chi connectivity index (χ4n) is 3.02. The molecule has 0 radical (unpaired) electrons. The van der Waals surface area contributed by atoms with E-state index in [2.05, 4.69) is 12.2 Å². The van der Waals surface area contributed by atoms with Crippen molar-refractivity contribution in [3.8, 4) is 0 Å². The van der Waals surface area contributed by atoms with Gasteiger partial charge in [0.05, 0.1) is 6.42 Å². The van der Waals surface area contributed by atoms with E-state index >= 15 is 0 Å². The summed E-state index contributed by atoms with van der Waals surface area (Å²) >= 11 is 0. The zero-order valence-electron chi connectivity index (χ0n) is 17.7. The largest absolute Gasteiger partial charge is 0.443 e. The van der Waals surface area contributed by atoms with E-state index in [0.717, 1.165) is 32.1 Å². The molecule has 0 saturated carbocycles. The van der Waals surface area contributed by atoms with Gasteiger partial charge in [0.15, 0.2) is 0 Å².